The second-order valence-electron chi connectivity index (χ2n) is 7.25. The molecule has 35 heavy (non-hydrogen) atoms. The standard InChI is InChI=1S/C14H12F17N3O/c1-33-2-4-34(5-3-33)32-6(35)7(15,16)8(17,18)9(19,20)10(21,22)11(23,24)12(25,26)13(27,28)14(29,30)31/h2-5H2,1H3,(H,32,35). The predicted molar refractivity (Wildman–Crippen MR) is 77.9 cm³/mol. The van der Waals surface area contributed by atoms with Crippen LogP contribution in [0.15, 0.2) is 0 Å². The lowest BCUT2D eigenvalue weighted by molar-refractivity contribution is -0.459. The Morgan fingerprint density at radius 2 is 0.857 bits per heavy atom. The number of hydrogen-bond acceptors (Lipinski definition) is 3. The lowest BCUT2D eigenvalue weighted by atomic mass is 9.89. The van der Waals surface area contributed by atoms with Crippen LogP contribution in [0.5, 0.6) is 0 Å². The molecule has 0 aromatic carbocycles. The lowest BCUT2D eigenvalue weighted by Crippen LogP contribution is -2.75. The van der Waals surface area contributed by atoms with E-state index in [0.29, 0.717) is 5.01 Å². The second-order valence-corrected chi connectivity index (χ2v) is 7.25. The molecular formula is C14H12F17N3O. The van der Waals surface area contributed by atoms with E-state index in [1.54, 1.807) is 0 Å². The van der Waals surface area contributed by atoms with E-state index in [1.807, 2.05) is 0 Å². The van der Waals surface area contributed by atoms with Gasteiger partial charge >= 0.3 is 53.5 Å². The molecule has 21 heteroatoms. The van der Waals surface area contributed by atoms with Gasteiger partial charge in [-0.2, -0.15) is 74.6 Å². The number of carbonyl (C=O) groups excluding carboxylic acids is 1. The van der Waals surface area contributed by atoms with Gasteiger partial charge < -0.3 is 4.90 Å². The van der Waals surface area contributed by atoms with Gasteiger partial charge in [-0.15, -0.1) is 0 Å². The van der Waals surface area contributed by atoms with Crippen LogP contribution in [0.2, 0.25) is 0 Å². The highest BCUT2D eigenvalue weighted by Crippen LogP contribution is 2.63. The third-order valence-corrected chi connectivity index (χ3v) is 4.77. The molecule has 1 heterocycles. The maximum Gasteiger partial charge on any atom is 0.460 e. The monoisotopic (exact) mass is 561 g/mol. The molecule has 4 nitrogen and oxygen atoms in total. The summed E-state index contributed by atoms with van der Waals surface area (Å²) < 4.78 is 224. The molecule has 0 spiro atoms. The fourth-order valence-electron chi connectivity index (χ4n) is 2.44. The van der Waals surface area contributed by atoms with E-state index in [1.165, 1.54) is 11.9 Å². The van der Waals surface area contributed by atoms with Crippen LogP contribution in [0.3, 0.4) is 0 Å². The number of halogens is 17. The molecule has 1 aliphatic rings. The van der Waals surface area contributed by atoms with Crippen molar-refractivity contribution in [2.45, 2.75) is 47.6 Å². The van der Waals surface area contributed by atoms with Gasteiger partial charge in [0.1, 0.15) is 0 Å². The summed E-state index contributed by atoms with van der Waals surface area (Å²) in [6, 6.07) is 0. The number of rotatable bonds is 8. The first-order valence-corrected chi connectivity index (χ1v) is 8.60. The van der Waals surface area contributed by atoms with Gasteiger partial charge in [0.15, 0.2) is 0 Å². The smallest absolute Gasteiger partial charge is 0.304 e. The zero-order valence-electron chi connectivity index (χ0n) is 16.6. The minimum Gasteiger partial charge on any atom is -0.304 e. The Morgan fingerprint density at radius 1 is 0.543 bits per heavy atom. The third-order valence-electron chi connectivity index (χ3n) is 4.77. The molecule has 1 aliphatic heterocycles. The van der Waals surface area contributed by atoms with Crippen molar-refractivity contribution in [3.63, 3.8) is 0 Å². The Balaban J connectivity index is 3.45. The average Bonchev–Trinajstić information content (AvgIpc) is 2.67. The molecular weight excluding hydrogens is 549 g/mol. The predicted octanol–water partition coefficient (Wildman–Crippen LogP) is 4.27. The molecule has 0 aromatic rings. The van der Waals surface area contributed by atoms with Crippen molar-refractivity contribution in [2.24, 2.45) is 0 Å². The molecule has 0 atom stereocenters. The zero-order chi connectivity index (χ0) is 28.3. The minimum atomic E-state index is -8.73. The summed E-state index contributed by atoms with van der Waals surface area (Å²) in [5, 5.41) is 0.370. The summed E-state index contributed by atoms with van der Waals surface area (Å²) in [7, 11) is 1.43. The van der Waals surface area contributed by atoms with Crippen molar-refractivity contribution in [2.75, 3.05) is 33.2 Å². The van der Waals surface area contributed by atoms with E-state index >= 15 is 0 Å². The quantitative estimate of drug-likeness (QED) is 0.450. The van der Waals surface area contributed by atoms with Crippen molar-refractivity contribution in [1.29, 1.82) is 0 Å². The number of nitrogens with one attached hydrogen (secondary N) is 1. The first-order chi connectivity index (χ1) is 15.1. The van der Waals surface area contributed by atoms with Crippen LogP contribution in [-0.4, -0.2) is 96.7 Å². The summed E-state index contributed by atoms with van der Waals surface area (Å²) >= 11 is 0. The molecule has 0 saturated carbocycles. The number of hydrogen-bond donors (Lipinski definition) is 1. The highest BCUT2D eigenvalue weighted by atomic mass is 19.4. The summed E-state index contributed by atoms with van der Waals surface area (Å²) in [6.07, 6.45) is -7.82. The van der Waals surface area contributed by atoms with E-state index in [0.717, 1.165) is 5.43 Å². The Labute approximate surface area is 182 Å². The fourth-order valence-corrected chi connectivity index (χ4v) is 2.44. The van der Waals surface area contributed by atoms with Gasteiger partial charge in [-0.3, -0.25) is 10.2 Å². The average molecular weight is 561 g/mol. The van der Waals surface area contributed by atoms with Gasteiger partial charge in [0.25, 0.3) is 0 Å². The summed E-state index contributed by atoms with van der Waals surface area (Å²) in [5.74, 6) is -61.4. The lowest BCUT2D eigenvalue weighted by Gasteiger charge is -2.42. The molecule has 0 aromatic heterocycles. The summed E-state index contributed by atoms with van der Waals surface area (Å²) in [6.45, 7) is -1.03. The van der Waals surface area contributed by atoms with Gasteiger partial charge in [0.05, 0.1) is 0 Å². The highest BCUT2D eigenvalue weighted by molar-refractivity contribution is 5.84. The summed E-state index contributed by atoms with van der Waals surface area (Å²) in [4.78, 5) is 12.9. The van der Waals surface area contributed by atoms with Crippen molar-refractivity contribution < 1.29 is 79.4 Å². The van der Waals surface area contributed by atoms with Crippen LogP contribution in [0, 0.1) is 0 Å². The maximum absolute atomic E-state index is 13.8. The zero-order valence-corrected chi connectivity index (χ0v) is 16.6. The highest BCUT2D eigenvalue weighted by Gasteiger charge is 2.95. The molecule has 0 unspecified atom stereocenters. The van der Waals surface area contributed by atoms with Crippen LogP contribution >= 0.6 is 0 Å². The number of alkyl halides is 17. The Bertz CT molecular complexity index is 785. The Morgan fingerprint density at radius 3 is 1.20 bits per heavy atom. The van der Waals surface area contributed by atoms with Crippen LogP contribution in [0.1, 0.15) is 0 Å². The topological polar surface area (TPSA) is 35.6 Å². The number of likely N-dealkylation sites (N-methyl/N-ethyl adjacent to an activating group) is 1. The molecule has 1 saturated heterocycles. The van der Waals surface area contributed by atoms with Crippen LogP contribution < -0.4 is 5.43 Å². The van der Waals surface area contributed by atoms with Crippen molar-refractivity contribution in [3.05, 3.63) is 0 Å². The van der Waals surface area contributed by atoms with Crippen LogP contribution in [0.25, 0.3) is 0 Å². The Hall–Kier alpha value is -1.80. The normalized spacial score (nSPS) is 19.1. The van der Waals surface area contributed by atoms with E-state index in [4.69, 9.17) is 0 Å². The van der Waals surface area contributed by atoms with E-state index in [9.17, 15) is 79.4 Å². The van der Waals surface area contributed by atoms with E-state index in [2.05, 4.69) is 0 Å². The number of nitrogens with zero attached hydrogens (tertiary/aromatic N) is 2. The summed E-state index contributed by atoms with van der Waals surface area (Å²) in [5.41, 5.74) is 0.878. The van der Waals surface area contributed by atoms with Gasteiger partial charge in [0.2, 0.25) is 0 Å². The number of amides is 1. The molecule has 208 valence electrons. The van der Waals surface area contributed by atoms with Crippen molar-refractivity contribution in [3.8, 4) is 0 Å². The minimum absolute atomic E-state index is 0.0643. The van der Waals surface area contributed by atoms with Crippen LogP contribution in [-0.2, 0) is 4.79 Å². The first kappa shape index (κ1) is 31.2. The molecule has 0 bridgehead atoms. The molecule has 1 amide bonds. The third kappa shape index (κ3) is 4.45. The molecule has 1 rings (SSSR count). The number of hydrazine groups is 1. The molecule has 1 fully saturated rings. The van der Waals surface area contributed by atoms with Gasteiger partial charge in [0, 0.05) is 26.2 Å². The fraction of sp³-hybridized carbons (Fsp3) is 0.929. The van der Waals surface area contributed by atoms with E-state index < -0.39 is 66.6 Å². The van der Waals surface area contributed by atoms with Crippen molar-refractivity contribution >= 4 is 5.91 Å². The molecule has 0 radical (unpaired) electrons. The largest absolute Gasteiger partial charge is 0.460 e. The molecule has 0 aliphatic carbocycles. The first-order valence-electron chi connectivity index (χ1n) is 8.60. The van der Waals surface area contributed by atoms with Crippen molar-refractivity contribution in [1.82, 2.24) is 15.3 Å². The van der Waals surface area contributed by atoms with Gasteiger partial charge in [-0.25, -0.2) is 5.01 Å². The molecule has 1 N–H and O–H groups in total. The number of piperazine rings is 1. The maximum atomic E-state index is 13.8. The van der Waals surface area contributed by atoms with Gasteiger partial charge in [-0.05, 0) is 7.05 Å². The second kappa shape index (κ2) is 8.65. The number of carbonyl (C=O) groups is 1. The van der Waals surface area contributed by atoms with Gasteiger partial charge in [-0.1, -0.05) is 0 Å². The SMILES string of the molecule is CN1CCN(NC(=O)C(F)(F)C(F)(F)C(F)(F)C(F)(F)C(F)(F)C(F)(F)C(F)(F)C(F)(F)F)CC1. The van der Waals surface area contributed by atoms with E-state index in [-0.39, 0.29) is 13.1 Å². The Kier molecular flexibility index (Phi) is 7.72. The van der Waals surface area contributed by atoms with Crippen LogP contribution in [0.4, 0.5) is 74.6 Å².